The van der Waals surface area contributed by atoms with Gasteiger partial charge in [0.15, 0.2) is 0 Å². The molecule has 1 amide bonds. The fourth-order valence-corrected chi connectivity index (χ4v) is 2.82. The molecule has 0 saturated heterocycles. The largest absolute Gasteiger partial charge is 0.351 e. The van der Waals surface area contributed by atoms with Crippen LogP contribution in [0.4, 0.5) is 0 Å². The molecule has 3 heterocycles. The van der Waals surface area contributed by atoms with E-state index < -0.39 is 0 Å². The monoisotopic (exact) mass is 247 g/mol. The highest BCUT2D eigenvalue weighted by Crippen LogP contribution is 2.27. The molecule has 0 fully saturated rings. The highest BCUT2D eigenvalue weighted by Gasteiger charge is 2.20. The van der Waals surface area contributed by atoms with E-state index in [0.29, 0.717) is 5.69 Å². The first kappa shape index (κ1) is 10.5. The average Bonchev–Trinajstić information content (AvgIpc) is 2.87. The lowest BCUT2D eigenvalue weighted by Crippen LogP contribution is -2.23. The van der Waals surface area contributed by atoms with E-state index in [1.807, 2.05) is 6.07 Å². The Hall–Kier alpha value is -1.62. The molecule has 17 heavy (non-hydrogen) atoms. The van der Waals surface area contributed by atoms with Crippen molar-refractivity contribution in [2.75, 3.05) is 6.54 Å². The van der Waals surface area contributed by atoms with Crippen LogP contribution in [0.25, 0.3) is 10.7 Å². The molecule has 0 radical (unpaired) electrons. The summed E-state index contributed by atoms with van der Waals surface area (Å²) in [5, 5.41) is 2.85. The van der Waals surface area contributed by atoms with Gasteiger partial charge in [0.25, 0.3) is 5.91 Å². The summed E-state index contributed by atoms with van der Waals surface area (Å²) in [5.41, 5.74) is 1.52. The van der Waals surface area contributed by atoms with Crippen LogP contribution in [0.1, 0.15) is 27.5 Å². The summed E-state index contributed by atoms with van der Waals surface area (Å²) in [6.07, 6.45) is 1.84. The van der Waals surface area contributed by atoms with Crippen LogP contribution in [0, 0.1) is 6.92 Å². The summed E-state index contributed by atoms with van der Waals surface area (Å²) >= 11 is 1.69. The van der Waals surface area contributed by atoms with Crippen LogP contribution in [-0.2, 0) is 6.42 Å². The zero-order valence-electron chi connectivity index (χ0n) is 9.54. The maximum Gasteiger partial charge on any atom is 0.271 e. The van der Waals surface area contributed by atoms with Gasteiger partial charge in [-0.15, -0.1) is 11.3 Å². The molecule has 0 unspecified atom stereocenters. The van der Waals surface area contributed by atoms with E-state index >= 15 is 0 Å². The van der Waals surface area contributed by atoms with E-state index in [-0.39, 0.29) is 5.91 Å². The van der Waals surface area contributed by atoms with Crippen molar-refractivity contribution < 1.29 is 4.79 Å². The Balaban J connectivity index is 2.04. The Morgan fingerprint density at radius 3 is 3.06 bits per heavy atom. The molecular formula is C12H13N3OS. The van der Waals surface area contributed by atoms with Gasteiger partial charge in [0, 0.05) is 17.1 Å². The van der Waals surface area contributed by atoms with Crippen molar-refractivity contribution in [3.05, 3.63) is 28.4 Å². The van der Waals surface area contributed by atoms with Gasteiger partial charge in [-0.3, -0.25) is 4.79 Å². The van der Waals surface area contributed by atoms with Gasteiger partial charge in [0.2, 0.25) is 0 Å². The normalized spacial score (nSPS) is 15.2. The highest BCUT2D eigenvalue weighted by atomic mass is 32.1. The Morgan fingerprint density at radius 2 is 2.29 bits per heavy atom. The summed E-state index contributed by atoms with van der Waals surface area (Å²) in [7, 11) is 0. The number of aryl methyl sites for hydroxylation is 2. The smallest absolute Gasteiger partial charge is 0.271 e. The highest BCUT2D eigenvalue weighted by molar-refractivity contribution is 7.15. The third-order valence-electron chi connectivity index (χ3n) is 2.86. The number of hydrogen-bond donors (Lipinski definition) is 2. The summed E-state index contributed by atoms with van der Waals surface area (Å²) < 4.78 is 0. The van der Waals surface area contributed by atoms with Crippen LogP contribution >= 0.6 is 11.3 Å². The number of aromatic amines is 1. The fourth-order valence-electron chi connectivity index (χ4n) is 2.01. The number of aromatic nitrogens is 2. The number of rotatable bonds is 1. The second-order valence-electron chi connectivity index (χ2n) is 4.18. The average molecular weight is 247 g/mol. The van der Waals surface area contributed by atoms with Gasteiger partial charge in [-0.2, -0.15) is 0 Å². The number of amides is 1. The van der Waals surface area contributed by atoms with Crippen LogP contribution in [0.5, 0.6) is 0 Å². The Kier molecular flexibility index (Phi) is 2.48. The van der Waals surface area contributed by atoms with Gasteiger partial charge in [-0.1, -0.05) is 0 Å². The van der Waals surface area contributed by atoms with Gasteiger partial charge in [0.1, 0.15) is 11.5 Å². The second-order valence-corrected chi connectivity index (χ2v) is 5.47. The van der Waals surface area contributed by atoms with E-state index in [9.17, 15) is 4.79 Å². The molecule has 0 bridgehead atoms. The number of fused-ring (bicyclic) bond motifs is 1. The zero-order chi connectivity index (χ0) is 11.8. The summed E-state index contributed by atoms with van der Waals surface area (Å²) in [5.74, 6) is 0.749. The van der Waals surface area contributed by atoms with E-state index in [1.165, 1.54) is 4.88 Å². The third kappa shape index (κ3) is 1.86. The first-order valence-electron chi connectivity index (χ1n) is 5.68. The quantitative estimate of drug-likeness (QED) is 0.811. The van der Waals surface area contributed by atoms with Crippen molar-refractivity contribution in [2.45, 2.75) is 19.8 Å². The maximum absolute atomic E-state index is 11.8. The topological polar surface area (TPSA) is 57.8 Å². The molecule has 0 aliphatic carbocycles. The molecule has 0 aromatic carbocycles. The lowest BCUT2D eigenvalue weighted by molar-refractivity contribution is 0.0951. The van der Waals surface area contributed by atoms with E-state index in [0.717, 1.165) is 35.8 Å². The maximum atomic E-state index is 11.8. The van der Waals surface area contributed by atoms with Crippen molar-refractivity contribution in [2.24, 2.45) is 0 Å². The standard InChI is InChI=1S/C12H13N3OS/c1-7-4-5-9(17-7)11-14-8-3-2-6-13-12(16)10(8)15-11/h4-5H,2-3,6H2,1H3,(H,13,16)(H,14,15). The fraction of sp³-hybridized carbons (Fsp3) is 0.333. The van der Waals surface area contributed by atoms with Gasteiger partial charge >= 0.3 is 0 Å². The third-order valence-corrected chi connectivity index (χ3v) is 3.86. The number of hydrogen-bond acceptors (Lipinski definition) is 3. The Labute approximate surface area is 103 Å². The van der Waals surface area contributed by atoms with E-state index in [2.05, 4.69) is 28.3 Å². The molecule has 1 aliphatic rings. The number of carbonyl (C=O) groups excluding carboxylic acids is 1. The molecule has 88 valence electrons. The molecule has 0 atom stereocenters. The van der Waals surface area contributed by atoms with Gasteiger partial charge in [-0.25, -0.2) is 4.98 Å². The molecule has 0 saturated carbocycles. The van der Waals surface area contributed by atoms with Crippen molar-refractivity contribution >= 4 is 17.2 Å². The van der Waals surface area contributed by atoms with Crippen LogP contribution in [0.3, 0.4) is 0 Å². The van der Waals surface area contributed by atoms with Crippen molar-refractivity contribution in [3.8, 4) is 10.7 Å². The minimum absolute atomic E-state index is 0.0618. The molecule has 2 N–H and O–H groups in total. The number of carbonyl (C=O) groups is 1. The predicted octanol–water partition coefficient (Wildman–Crippen LogP) is 2.12. The van der Waals surface area contributed by atoms with Crippen LogP contribution in [0.2, 0.25) is 0 Å². The number of thiophene rings is 1. The zero-order valence-corrected chi connectivity index (χ0v) is 10.4. The molecule has 2 aromatic rings. The molecule has 2 aromatic heterocycles. The second kappa shape index (κ2) is 4.00. The van der Waals surface area contributed by atoms with Gasteiger partial charge < -0.3 is 10.3 Å². The predicted molar refractivity (Wildman–Crippen MR) is 67.3 cm³/mol. The first-order valence-corrected chi connectivity index (χ1v) is 6.49. The van der Waals surface area contributed by atoms with E-state index in [4.69, 9.17) is 0 Å². The minimum Gasteiger partial charge on any atom is -0.351 e. The van der Waals surface area contributed by atoms with Crippen molar-refractivity contribution in [3.63, 3.8) is 0 Å². The van der Waals surface area contributed by atoms with Crippen LogP contribution < -0.4 is 5.32 Å². The Morgan fingerprint density at radius 1 is 1.41 bits per heavy atom. The molecule has 4 nitrogen and oxygen atoms in total. The molecule has 0 spiro atoms. The summed E-state index contributed by atoms with van der Waals surface area (Å²) in [4.78, 5) is 21.8. The minimum atomic E-state index is -0.0618. The van der Waals surface area contributed by atoms with Gasteiger partial charge in [0.05, 0.1) is 4.88 Å². The van der Waals surface area contributed by atoms with E-state index in [1.54, 1.807) is 11.3 Å². The van der Waals surface area contributed by atoms with Gasteiger partial charge in [-0.05, 0) is 31.9 Å². The molecule has 5 heteroatoms. The molecular weight excluding hydrogens is 234 g/mol. The van der Waals surface area contributed by atoms with Crippen LogP contribution in [0.15, 0.2) is 12.1 Å². The first-order chi connectivity index (χ1) is 8.24. The summed E-state index contributed by atoms with van der Waals surface area (Å²) in [6, 6.07) is 4.10. The lowest BCUT2D eigenvalue weighted by Gasteiger charge is -1.96. The van der Waals surface area contributed by atoms with Crippen molar-refractivity contribution in [1.29, 1.82) is 0 Å². The van der Waals surface area contributed by atoms with Crippen molar-refractivity contribution in [1.82, 2.24) is 15.3 Å². The molecule has 1 aliphatic heterocycles. The molecule has 3 rings (SSSR count). The lowest BCUT2D eigenvalue weighted by atomic mass is 10.2. The SMILES string of the molecule is Cc1ccc(-c2nc3c([nH]2)CCCNC3=O)s1. The Bertz CT molecular complexity index is 570. The van der Waals surface area contributed by atoms with Crippen LogP contribution in [-0.4, -0.2) is 22.4 Å². The number of nitrogens with zero attached hydrogens (tertiary/aromatic N) is 1. The summed E-state index contributed by atoms with van der Waals surface area (Å²) in [6.45, 7) is 2.80. The number of nitrogens with one attached hydrogen (secondary N) is 2. The number of imidazole rings is 1. The number of H-pyrrole nitrogens is 1.